The minimum Gasteiger partial charge on any atom is -0.381 e. The highest BCUT2D eigenvalue weighted by Gasteiger charge is 2.16. The number of aliphatic hydroxyl groups is 1. The van der Waals surface area contributed by atoms with Gasteiger partial charge in [0.25, 0.3) is 0 Å². The maximum Gasteiger partial charge on any atom is 0.248 e. The number of aliphatic hydroxyl groups excluding tert-OH is 1. The molecule has 0 heterocycles. The zero-order valence-electron chi connectivity index (χ0n) is 8.60. The third kappa shape index (κ3) is 6.32. The van der Waals surface area contributed by atoms with E-state index in [0.29, 0.717) is 6.42 Å². The molecule has 0 rings (SSSR count). The van der Waals surface area contributed by atoms with Crippen molar-refractivity contribution in [3.05, 3.63) is 0 Å². The summed E-state index contributed by atoms with van der Waals surface area (Å²) < 4.78 is 0. The van der Waals surface area contributed by atoms with Gasteiger partial charge in [-0.05, 0) is 18.4 Å². The molecule has 6 nitrogen and oxygen atoms in total. The molecule has 7 heteroatoms. The highest BCUT2D eigenvalue weighted by Crippen LogP contribution is 1.98. The van der Waals surface area contributed by atoms with Gasteiger partial charge in [-0.15, -0.1) is 0 Å². The van der Waals surface area contributed by atoms with Crippen LogP contribution in [0.1, 0.15) is 6.42 Å². The van der Waals surface area contributed by atoms with Crippen LogP contribution in [0.5, 0.6) is 0 Å². The van der Waals surface area contributed by atoms with Crippen LogP contribution in [0.4, 0.5) is 0 Å². The van der Waals surface area contributed by atoms with Crippen molar-refractivity contribution in [3.63, 3.8) is 0 Å². The number of amides is 2. The lowest BCUT2D eigenvalue weighted by Crippen LogP contribution is -2.46. The molecule has 0 aliphatic carbocycles. The van der Waals surface area contributed by atoms with E-state index in [1.165, 1.54) is 0 Å². The third-order valence-electron chi connectivity index (χ3n) is 1.77. The summed E-state index contributed by atoms with van der Waals surface area (Å²) in [7, 11) is 0. The monoisotopic (exact) mass is 235 g/mol. The number of nitrogens with two attached hydrogens (primary N) is 2. The van der Waals surface area contributed by atoms with Gasteiger partial charge in [0, 0.05) is 0 Å². The van der Waals surface area contributed by atoms with E-state index in [1.807, 2.05) is 6.26 Å². The third-order valence-corrected chi connectivity index (χ3v) is 2.41. The molecule has 0 aliphatic heterocycles. The first kappa shape index (κ1) is 14.2. The second-order valence-corrected chi connectivity index (χ2v) is 4.04. The molecule has 0 radical (unpaired) electrons. The second-order valence-electron chi connectivity index (χ2n) is 3.05. The quantitative estimate of drug-likeness (QED) is 0.408. The van der Waals surface area contributed by atoms with Crippen LogP contribution in [0.15, 0.2) is 0 Å². The van der Waals surface area contributed by atoms with Crippen molar-refractivity contribution in [2.24, 2.45) is 11.5 Å². The fourth-order valence-corrected chi connectivity index (χ4v) is 1.29. The number of primary amides is 1. The normalized spacial score (nSPS) is 14.3. The van der Waals surface area contributed by atoms with Crippen molar-refractivity contribution < 1.29 is 14.7 Å². The summed E-state index contributed by atoms with van der Waals surface area (Å²) in [5.41, 5.74) is 10.3. The Morgan fingerprint density at radius 3 is 2.60 bits per heavy atom. The Morgan fingerprint density at radius 2 is 2.13 bits per heavy atom. The lowest BCUT2D eigenvalue weighted by molar-refractivity contribution is -0.127. The van der Waals surface area contributed by atoms with Crippen molar-refractivity contribution in [2.75, 3.05) is 18.6 Å². The Bertz CT molecular complexity index is 225. The van der Waals surface area contributed by atoms with Gasteiger partial charge in [0.15, 0.2) is 0 Å². The standard InChI is InChI=1S/C8H17N3O3S/c1-15-3-2-5(9)8(14)11-4-6(12)7(10)13/h5-6,12H,2-4,9H2,1H3,(H2,10,13)(H,11,14)/t5-,6?/m0/s1. The van der Waals surface area contributed by atoms with E-state index in [0.717, 1.165) is 5.75 Å². The van der Waals surface area contributed by atoms with Crippen molar-refractivity contribution in [3.8, 4) is 0 Å². The fourth-order valence-electron chi connectivity index (χ4n) is 0.805. The summed E-state index contributed by atoms with van der Waals surface area (Å²) in [6.07, 6.45) is 1.11. The molecule has 0 bridgehead atoms. The molecular weight excluding hydrogens is 218 g/mol. The largest absolute Gasteiger partial charge is 0.381 e. The van der Waals surface area contributed by atoms with E-state index in [2.05, 4.69) is 5.32 Å². The SMILES string of the molecule is CSCC[C@H](N)C(=O)NCC(O)C(N)=O. The summed E-state index contributed by atoms with van der Waals surface area (Å²) >= 11 is 1.59. The first-order chi connectivity index (χ1) is 6.99. The molecule has 6 N–H and O–H groups in total. The van der Waals surface area contributed by atoms with Crippen molar-refractivity contribution in [2.45, 2.75) is 18.6 Å². The molecule has 15 heavy (non-hydrogen) atoms. The first-order valence-corrected chi connectivity index (χ1v) is 5.88. The van der Waals surface area contributed by atoms with Crippen LogP contribution < -0.4 is 16.8 Å². The van der Waals surface area contributed by atoms with Gasteiger partial charge in [-0.3, -0.25) is 9.59 Å². The highest BCUT2D eigenvalue weighted by molar-refractivity contribution is 7.98. The van der Waals surface area contributed by atoms with Crippen LogP contribution in [-0.4, -0.2) is 47.6 Å². The Morgan fingerprint density at radius 1 is 1.53 bits per heavy atom. The smallest absolute Gasteiger partial charge is 0.248 e. The predicted octanol–water partition coefficient (Wildman–Crippen LogP) is -1.97. The fraction of sp³-hybridized carbons (Fsp3) is 0.750. The molecule has 0 aliphatic rings. The minimum absolute atomic E-state index is 0.193. The van der Waals surface area contributed by atoms with Gasteiger partial charge in [-0.2, -0.15) is 11.8 Å². The Balaban J connectivity index is 3.77. The number of hydrogen-bond donors (Lipinski definition) is 4. The first-order valence-electron chi connectivity index (χ1n) is 4.48. The molecular formula is C8H17N3O3S. The molecule has 2 amide bonds. The summed E-state index contributed by atoms with van der Waals surface area (Å²) in [5, 5.41) is 11.3. The van der Waals surface area contributed by atoms with Gasteiger partial charge in [-0.1, -0.05) is 0 Å². The second kappa shape index (κ2) is 7.49. The van der Waals surface area contributed by atoms with Crippen molar-refractivity contribution in [1.29, 1.82) is 0 Å². The molecule has 0 aromatic rings. The number of rotatable bonds is 7. The summed E-state index contributed by atoms with van der Waals surface area (Å²) in [4.78, 5) is 21.7. The average Bonchev–Trinajstić information content (AvgIpc) is 2.21. The molecule has 88 valence electrons. The number of thioether (sulfide) groups is 1. The van der Waals surface area contributed by atoms with E-state index in [1.54, 1.807) is 11.8 Å². The summed E-state index contributed by atoms with van der Waals surface area (Å²) in [5.74, 6) is -0.468. The maximum absolute atomic E-state index is 11.3. The van der Waals surface area contributed by atoms with E-state index in [9.17, 15) is 9.59 Å². The number of hydrogen-bond acceptors (Lipinski definition) is 5. The van der Waals surface area contributed by atoms with Gasteiger partial charge in [0.1, 0.15) is 6.10 Å². The van der Waals surface area contributed by atoms with Gasteiger partial charge in [0.05, 0.1) is 12.6 Å². The van der Waals surface area contributed by atoms with Crippen LogP contribution in [0.3, 0.4) is 0 Å². The molecule has 0 spiro atoms. The lowest BCUT2D eigenvalue weighted by Gasteiger charge is -2.13. The van der Waals surface area contributed by atoms with E-state index in [-0.39, 0.29) is 12.5 Å². The van der Waals surface area contributed by atoms with E-state index >= 15 is 0 Å². The average molecular weight is 235 g/mol. The molecule has 0 aromatic heterocycles. The Hall–Kier alpha value is -0.790. The minimum atomic E-state index is -1.36. The number of carbonyl (C=O) groups excluding carboxylic acids is 2. The summed E-state index contributed by atoms with van der Waals surface area (Å²) in [6.45, 7) is -0.193. The van der Waals surface area contributed by atoms with E-state index < -0.39 is 18.1 Å². The van der Waals surface area contributed by atoms with Crippen LogP contribution >= 0.6 is 11.8 Å². The maximum atomic E-state index is 11.3. The van der Waals surface area contributed by atoms with Crippen molar-refractivity contribution >= 4 is 23.6 Å². The Labute approximate surface area is 92.8 Å². The van der Waals surface area contributed by atoms with Crippen LogP contribution in [0, 0.1) is 0 Å². The zero-order chi connectivity index (χ0) is 11.8. The molecule has 0 saturated carbocycles. The zero-order valence-corrected chi connectivity index (χ0v) is 9.42. The molecule has 1 unspecified atom stereocenters. The van der Waals surface area contributed by atoms with Gasteiger partial charge in [0.2, 0.25) is 11.8 Å². The number of carbonyl (C=O) groups is 2. The highest BCUT2D eigenvalue weighted by atomic mass is 32.2. The Kier molecular flexibility index (Phi) is 7.10. The van der Waals surface area contributed by atoms with Crippen LogP contribution in [-0.2, 0) is 9.59 Å². The van der Waals surface area contributed by atoms with Gasteiger partial charge in [-0.25, -0.2) is 0 Å². The topological polar surface area (TPSA) is 118 Å². The van der Waals surface area contributed by atoms with Gasteiger partial charge < -0.3 is 21.9 Å². The van der Waals surface area contributed by atoms with Crippen LogP contribution in [0.25, 0.3) is 0 Å². The molecule has 0 fully saturated rings. The number of nitrogens with one attached hydrogen (secondary N) is 1. The molecule has 0 saturated heterocycles. The lowest BCUT2D eigenvalue weighted by atomic mass is 10.2. The van der Waals surface area contributed by atoms with Crippen molar-refractivity contribution in [1.82, 2.24) is 5.32 Å². The van der Waals surface area contributed by atoms with E-state index in [4.69, 9.17) is 16.6 Å². The van der Waals surface area contributed by atoms with Gasteiger partial charge >= 0.3 is 0 Å². The predicted molar refractivity (Wildman–Crippen MR) is 59.2 cm³/mol. The van der Waals surface area contributed by atoms with Crippen LogP contribution in [0.2, 0.25) is 0 Å². The molecule has 0 aromatic carbocycles. The molecule has 2 atom stereocenters. The summed E-state index contributed by atoms with van der Waals surface area (Å²) in [6, 6.07) is -0.613.